The van der Waals surface area contributed by atoms with Gasteiger partial charge in [0.15, 0.2) is 0 Å². The molecule has 0 aromatic heterocycles. The highest BCUT2D eigenvalue weighted by Gasteiger charge is 2.58. The predicted octanol–water partition coefficient (Wildman–Crippen LogP) is 5.17. The molecule has 0 saturated heterocycles. The number of hydrogen-bond acceptors (Lipinski definition) is 1. The van der Waals surface area contributed by atoms with Crippen molar-refractivity contribution in [2.24, 2.45) is 29.1 Å². The molecule has 3 aliphatic rings. The summed E-state index contributed by atoms with van der Waals surface area (Å²) >= 11 is 0. The molecule has 0 aliphatic heterocycles. The molecule has 0 spiro atoms. The van der Waals surface area contributed by atoms with Crippen LogP contribution in [-0.4, -0.2) is 10.7 Å². The lowest BCUT2D eigenvalue weighted by molar-refractivity contribution is -0.185. The van der Waals surface area contributed by atoms with E-state index in [1.54, 1.807) is 0 Å². The molecule has 0 heterocycles. The Labute approximate surface area is 125 Å². The highest BCUT2D eigenvalue weighted by molar-refractivity contribution is 5.08. The maximum absolute atomic E-state index is 11.4. The Morgan fingerprint density at radius 3 is 2.35 bits per heavy atom. The Morgan fingerprint density at radius 1 is 1.00 bits per heavy atom. The summed E-state index contributed by atoms with van der Waals surface area (Å²) < 4.78 is 0. The molecule has 5 atom stereocenters. The summed E-state index contributed by atoms with van der Waals surface area (Å²) in [5, 5.41) is 11.4. The summed E-state index contributed by atoms with van der Waals surface area (Å²) in [6.07, 6.45) is 14.0. The summed E-state index contributed by atoms with van der Waals surface area (Å²) in [5.41, 5.74) is -0.238. The van der Waals surface area contributed by atoms with E-state index in [9.17, 15) is 5.11 Å². The first-order valence-electron chi connectivity index (χ1n) is 9.20. The molecular formula is C19H34O. The number of hydrogen-bond donors (Lipinski definition) is 1. The summed E-state index contributed by atoms with van der Waals surface area (Å²) in [4.78, 5) is 0. The molecule has 20 heavy (non-hydrogen) atoms. The average molecular weight is 278 g/mol. The number of aliphatic hydroxyl groups is 1. The minimum absolute atomic E-state index is 0.234. The lowest BCUT2D eigenvalue weighted by Crippen LogP contribution is -2.59. The van der Waals surface area contributed by atoms with Gasteiger partial charge in [-0.15, -0.1) is 0 Å². The zero-order valence-electron chi connectivity index (χ0n) is 13.8. The van der Waals surface area contributed by atoms with Crippen LogP contribution in [0.15, 0.2) is 0 Å². The molecule has 3 rings (SSSR count). The zero-order valence-corrected chi connectivity index (χ0v) is 13.8. The Morgan fingerprint density at radius 2 is 1.65 bits per heavy atom. The third kappa shape index (κ3) is 2.16. The Hall–Kier alpha value is -0.0400. The van der Waals surface area contributed by atoms with Crippen LogP contribution in [0.5, 0.6) is 0 Å². The molecule has 0 bridgehead atoms. The van der Waals surface area contributed by atoms with Crippen LogP contribution < -0.4 is 0 Å². The monoisotopic (exact) mass is 278 g/mol. The van der Waals surface area contributed by atoms with E-state index in [0.717, 1.165) is 17.8 Å². The maximum atomic E-state index is 11.4. The SMILES string of the molecule is CC(C)C(C)(O)C12CCCCC1CC1CCCCC1C2. The van der Waals surface area contributed by atoms with Crippen LogP contribution in [0.25, 0.3) is 0 Å². The second-order valence-corrected chi connectivity index (χ2v) is 8.65. The van der Waals surface area contributed by atoms with Crippen molar-refractivity contribution < 1.29 is 5.11 Å². The topological polar surface area (TPSA) is 20.2 Å². The molecule has 1 heteroatoms. The Balaban J connectivity index is 1.92. The van der Waals surface area contributed by atoms with Crippen molar-refractivity contribution in [1.29, 1.82) is 0 Å². The van der Waals surface area contributed by atoms with Crippen molar-refractivity contribution in [3.63, 3.8) is 0 Å². The van der Waals surface area contributed by atoms with Crippen molar-refractivity contribution in [3.8, 4) is 0 Å². The fourth-order valence-corrected chi connectivity index (χ4v) is 6.07. The molecule has 3 saturated carbocycles. The van der Waals surface area contributed by atoms with Gasteiger partial charge in [-0.25, -0.2) is 0 Å². The summed E-state index contributed by atoms with van der Waals surface area (Å²) in [6, 6.07) is 0. The molecule has 1 N–H and O–H groups in total. The third-order valence-electron chi connectivity index (χ3n) is 7.62. The van der Waals surface area contributed by atoms with Crippen LogP contribution in [0.2, 0.25) is 0 Å². The van der Waals surface area contributed by atoms with Crippen LogP contribution in [0, 0.1) is 29.1 Å². The van der Waals surface area contributed by atoms with E-state index < -0.39 is 5.60 Å². The first kappa shape index (κ1) is 14.9. The minimum Gasteiger partial charge on any atom is -0.389 e. The normalized spacial score (nSPS) is 44.5. The third-order valence-corrected chi connectivity index (χ3v) is 7.62. The first-order valence-corrected chi connectivity index (χ1v) is 9.20. The van der Waals surface area contributed by atoms with Crippen molar-refractivity contribution in [2.45, 2.75) is 90.6 Å². The van der Waals surface area contributed by atoms with Gasteiger partial charge >= 0.3 is 0 Å². The molecular weight excluding hydrogens is 244 g/mol. The largest absolute Gasteiger partial charge is 0.389 e. The molecule has 1 nitrogen and oxygen atoms in total. The second-order valence-electron chi connectivity index (χ2n) is 8.65. The Bertz CT molecular complexity index is 346. The van der Waals surface area contributed by atoms with Gasteiger partial charge in [0.2, 0.25) is 0 Å². The Kier molecular flexibility index (Phi) is 3.95. The number of fused-ring (bicyclic) bond motifs is 2. The van der Waals surface area contributed by atoms with E-state index in [-0.39, 0.29) is 5.41 Å². The molecule has 5 unspecified atom stereocenters. The highest BCUT2D eigenvalue weighted by atomic mass is 16.3. The van der Waals surface area contributed by atoms with E-state index in [1.165, 1.54) is 64.2 Å². The molecule has 3 aliphatic carbocycles. The van der Waals surface area contributed by atoms with Crippen LogP contribution in [0.3, 0.4) is 0 Å². The maximum Gasteiger partial charge on any atom is 0.0701 e. The van der Waals surface area contributed by atoms with Crippen molar-refractivity contribution in [2.75, 3.05) is 0 Å². The van der Waals surface area contributed by atoms with Crippen molar-refractivity contribution in [3.05, 3.63) is 0 Å². The van der Waals surface area contributed by atoms with Gasteiger partial charge < -0.3 is 5.11 Å². The molecule has 0 aromatic carbocycles. The van der Waals surface area contributed by atoms with Crippen LogP contribution in [0.1, 0.15) is 85.0 Å². The van der Waals surface area contributed by atoms with Gasteiger partial charge in [0.25, 0.3) is 0 Å². The quantitative estimate of drug-likeness (QED) is 0.738. The van der Waals surface area contributed by atoms with E-state index in [2.05, 4.69) is 20.8 Å². The fourth-order valence-electron chi connectivity index (χ4n) is 6.07. The van der Waals surface area contributed by atoms with Gasteiger partial charge in [0.05, 0.1) is 5.60 Å². The number of rotatable bonds is 2. The first-order chi connectivity index (χ1) is 9.47. The summed E-state index contributed by atoms with van der Waals surface area (Å²) in [7, 11) is 0. The van der Waals surface area contributed by atoms with Gasteiger partial charge in [-0.3, -0.25) is 0 Å². The van der Waals surface area contributed by atoms with Gasteiger partial charge in [-0.2, -0.15) is 0 Å². The predicted molar refractivity (Wildman–Crippen MR) is 84.5 cm³/mol. The second kappa shape index (κ2) is 5.30. The van der Waals surface area contributed by atoms with Gasteiger partial charge in [0, 0.05) is 5.41 Å². The van der Waals surface area contributed by atoms with E-state index in [0.29, 0.717) is 5.92 Å². The van der Waals surface area contributed by atoms with E-state index in [1.807, 2.05) is 0 Å². The van der Waals surface area contributed by atoms with E-state index >= 15 is 0 Å². The van der Waals surface area contributed by atoms with Crippen molar-refractivity contribution >= 4 is 0 Å². The standard InChI is InChI=1S/C19H34O/c1-14(2)18(3,20)19-11-7-6-10-17(19)12-15-8-4-5-9-16(15)13-19/h14-17,20H,4-13H2,1-3H3. The van der Waals surface area contributed by atoms with Gasteiger partial charge in [-0.05, 0) is 56.3 Å². The van der Waals surface area contributed by atoms with Crippen LogP contribution >= 0.6 is 0 Å². The van der Waals surface area contributed by atoms with Gasteiger partial charge in [-0.1, -0.05) is 52.4 Å². The zero-order chi connectivity index (χ0) is 14.4. The summed E-state index contributed by atoms with van der Waals surface area (Å²) in [5.74, 6) is 3.09. The molecule has 0 aromatic rings. The molecule has 0 amide bonds. The van der Waals surface area contributed by atoms with E-state index in [4.69, 9.17) is 0 Å². The summed E-state index contributed by atoms with van der Waals surface area (Å²) in [6.45, 7) is 6.62. The lowest BCUT2D eigenvalue weighted by atomic mass is 9.46. The van der Waals surface area contributed by atoms with Crippen LogP contribution in [0.4, 0.5) is 0 Å². The smallest absolute Gasteiger partial charge is 0.0701 e. The molecule has 3 fully saturated rings. The lowest BCUT2D eigenvalue weighted by Gasteiger charge is -2.61. The molecule has 0 radical (unpaired) electrons. The van der Waals surface area contributed by atoms with Crippen molar-refractivity contribution in [1.82, 2.24) is 0 Å². The molecule has 116 valence electrons. The highest BCUT2D eigenvalue weighted by Crippen LogP contribution is 2.62. The average Bonchev–Trinajstić information content (AvgIpc) is 2.44. The fraction of sp³-hybridized carbons (Fsp3) is 1.00. The van der Waals surface area contributed by atoms with Crippen LogP contribution in [-0.2, 0) is 0 Å². The van der Waals surface area contributed by atoms with Gasteiger partial charge in [0.1, 0.15) is 0 Å². The minimum atomic E-state index is -0.472.